The standard InChI is InChI=1S/C22H15Cl2F4NO/c23-18-11-13(14-6-10-21(24)29-12-14)5-7-16(18)19(25)8-9-20(30)15-3-1-2-4-17(15)22(26,27)28/h1-7,10-12,19H,8-9H2. The molecule has 8 heteroatoms. The van der Waals surface area contributed by atoms with Crippen LogP contribution < -0.4 is 0 Å². The SMILES string of the molecule is O=C(CCC(F)c1ccc(-c2ccc(Cl)nc2)cc1Cl)c1ccccc1C(F)(F)F. The van der Waals surface area contributed by atoms with Crippen molar-refractivity contribution >= 4 is 29.0 Å². The molecule has 0 bridgehead atoms. The first-order valence-electron chi connectivity index (χ1n) is 8.91. The first kappa shape index (κ1) is 22.2. The van der Waals surface area contributed by atoms with E-state index >= 15 is 0 Å². The van der Waals surface area contributed by atoms with E-state index in [1.54, 1.807) is 30.5 Å². The molecule has 0 spiro atoms. The minimum absolute atomic E-state index is 0.151. The smallest absolute Gasteiger partial charge is 0.294 e. The van der Waals surface area contributed by atoms with Gasteiger partial charge in [0.25, 0.3) is 0 Å². The van der Waals surface area contributed by atoms with Crippen LogP contribution in [0.5, 0.6) is 0 Å². The molecule has 0 fully saturated rings. The highest BCUT2D eigenvalue weighted by molar-refractivity contribution is 6.31. The fraction of sp³-hybridized carbons (Fsp3) is 0.182. The average Bonchev–Trinajstić information content (AvgIpc) is 2.71. The predicted molar refractivity (Wildman–Crippen MR) is 109 cm³/mol. The lowest BCUT2D eigenvalue weighted by Gasteiger charge is -2.14. The number of hydrogen-bond acceptors (Lipinski definition) is 2. The highest BCUT2D eigenvalue weighted by atomic mass is 35.5. The molecule has 0 radical (unpaired) electrons. The number of aromatic nitrogens is 1. The average molecular weight is 456 g/mol. The zero-order chi connectivity index (χ0) is 21.9. The first-order chi connectivity index (χ1) is 14.2. The van der Waals surface area contributed by atoms with Gasteiger partial charge in [0.2, 0.25) is 0 Å². The lowest BCUT2D eigenvalue weighted by molar-refractivity contribution is -0.137. The summed E-state index contributed by atoms with van der Waals surface area (Å²) in [6.07, 6.45) is -5.37. The second-order valence-electron chi connectivity index (χ2n) is 6.58. The van der Waals surface area contributed by atoms with Crippen molar-refractivity contribution in [2.24, 2.45) is 0 Å². The van der Waals surface area contributed by atoms with Gasteiger partial charge in [0.15, 0.2) is 5.78 Å². The van der Waals surface area contributed by atoms with Gasteiger partial charge in [-0.3, -0.25) is 4.79 Å². The Morgan fingerprint density at radius 1 is 1.00 bits per heavy atom. The van der Waals surface area contributed by atoms with E-state index in [2.05, 4.69) is 4.98 Å². The summed E-state index contributed by atoms with van der Waals surface area (Å²) in [5.74, 6) is -0.773. The normalized spacial score (nSPS) is 12.6. The molecule has 2 aromatic carbocycles. The second kappa shape index (κ2) is 9.14. The highest BCUT2D eigenvalue weighted by Crippen LogP contribution is 2.35. The number of alkyl halides is 4. The largest absolute Gasteiger partial charge is 0.417 e. The van der Waals surface area contributed by atoms with E-state index in [-0.39, 0.29) is 23.4 Å². The van der Waals surface area contributed by atoms with E-state index in [9.17, 15) is 22.4 Å². The fourth-order valence-electron chi connectivity index (χ4n) is 3.03. The first-order valence-corrected chi connectivity index (χ1v) is 9.67. The van der Waals surface area contributed by atoms with Crippen molar-refractivity contribution in [3.8, 4) is 11.1 Å². The third-order valence-electron chi connectivity index (χ3n) is 4.56. The Morgan fingerprint density at radius 3 is 2.33 bits per heavy atom. The third-order valence-corrected chi connectivity index (χ3v) is 5.11. The molecular formula is C22H15Cl2F4NO. The number of halogens is 6. The second-order valence-corrected chi connectivity index (χ2v) is 7.37. The number of benzene rings is 2. The van der Waals surface area contributed by atoms with Gasteiger partial charge in [-0.1, -0.05) is 53.5 Å². The molecule has 3 aromatic rings. The van der Waals surface area contributed by atoms with Crippen LogP contribution in [0, 0.1) is 0 Å². The minimum Gasteiger partial charge on any atom is -0.294 e. The van der Waals surface area contributed by atoms with Crippen molar-refractivity contribution in [3.63, 3.8) is 0 Å². The van der Waals surface area contributed by atoms with Crippen LogP contribution in [0.1, 0.15) is 40.5 Å². The number of pyridine rings is 1. The van der Waals surface area contributed by atoms with Crippen LogP contribution in [0.2, 0.25) is 10.2 Å². The minimum atomic E-state index is -4.66. The fourth-order valence-corrected chi connectivity index (χ4v) is 3.44. The van der Waals surface area contributed by atoms with Gasteiger partial charge in [-0.2, -0.15) is 13.2 Å². The van der Waals surface area contributed by atoms with Gasteiger partial charge >= 0.3 is 6.18 Å². The van der Waals surface area contributed by atoms with Gasteiger partial charge in [-0.05, 0) is 36.2 Å². The maximum atomic E-state index is 14.7. The summed E-state index contributed by atoms with van der Waals surface area (Å²) in [6, 6.07) is 12.5. The van der Waals surface area contributed by atoms with Crippen LogP contribution in [-0.4, -0.2) is 10.8 Å². The van der Waals surface area contributed by atoms with Gasteiger partial charge in [0.05, 0.1) is 5.56 Å². The highest BCUT2D eigenvalue weighted by Gasteiger charge is 2.34. The van der Waals surface area contributed by atoms with Crippen LogP contribution in [0.3, 0.4) is 0 Å². The molecule has 0 aliphatic rings. The lowest BCUT2D eigenvalue weighted by atomic mass is 9.96. The molecule has 0 aliphatic heterocycles. The molecule has 30 heavy (non-hydrogen) atoms. The maximum absolute atomic E-state index is 14.7. The van der Waals surface area contributed by atoms with E-state index in [0.717, 1.165) is 17.7 Å². The molecule has 2 nitrogen and oxygen atoms in total. The van der Waals surface area contributed by atoms with Crippen molar-refractivity contribution in [1.82, 2.24) is 4.98 Å². The summed E-state index contributed by atoms with van der Waals surface area (Å²) in [6.45, 7) is 0. The molecule has 0 aliphatic carbocycles. The van der Waals surface area contributed by atoms with E-state index in [0.29, 0.717) is 10.7 Å². The van der Waals surface area contributed by atoms with Gasteiger partial charge in [0.1, 0.15) is 11.3 Å². The van der Waals surface area contributed by atoms with E-state index in [4.69, 9.17) is 23.2 Å². The summed E-state index contributed by atoms with van der Waals surface area (Å²) in [5, 5.41) is 0.486. The number of carbonyl (C=O) groups excluding carboxylic acids is 1. The Balaban J connectivity index is 1.72. The monoisotopic (exact) mass is 455 g/mol. The molecule has 0 saturated heterocycles. The topological polar surface area (TPSA) is 30.0 Å². The van der Waals surface area contributed by atoms with E-state index in [1.807, 2.05) is 0 Å². The predicted octanol–water partition coefficient (Wildman–Crippen LogP) is 7.75. The molecule has 156 valence electrons. The van der Waals surface area contributed by atoms with Gasteiger partial charge in [-0.15, -0.1) is 0 Å². The third kappa shape index (κ3) is 5.18. The summed E-state index contributed by atoms with van der Waals surface area (Å²) < 4.78 is 53.9. The zero-order valence-electron chi connectivity index (χ0n) is 15.4. The van der Waals surface area contributed by atoms with Crippen molar-refractivity contribution in [2.75, 3.05) is 0 Å². The Bertz CT molecular complexity index is 1050. The molecule has 3 rings (SSSR count). The van der Waals surface area contributed by atoms with Crippen molar-refractivity contribution in [3.05, 3.63) is 87.7 Å². The Kier molecular flexibility index (Phi) is 6.78. The number of ketones is 1. The molecule has 0 N–H and O–H groups in total. The van der Waals surface area contributed by atoms with Gasteiger partial charge in [0, 0.05) is 34.3 Å². The number of carbonyl (C=O) groups is 1. The number of Topliss-reactive ketones (excluding diaryl/α,β-unsaturated/α-hetero) is 1. The molecule has 1 unspecified atom stereocenters. The van der Waals surface area contributed by atoms with Crippen LogP contribution in [0.25, 0.3) is 11.1 Å². The van der Waals surface area contributed by atoms with Crippen molar-refractivity contribution < 1.29 is 22.4 Å². The summed E-state index contributed by atoms with van der Waals surface area (Å²) in [4.78, 5) is 16.3. The molecule has 0 saturated carbocycles. The van der Waals surface area contributed by atoms with Crippen molar-refractivity contribution in [1.29, 1.82) is 0 Å². The van der Waals surface area contributed by atoms with Crippen LogP contribution in [0.4, 0.5) is 17.6 Å². The quantitative estimate of drug-likeness (QED) is 0.216. The maximum Gasteiger partial charge on any atom is 0.417 e. The van der Waals surface area contributed by atoms with E-state index in [1.165, 1.54) is 18.2 Å². The zero-order valence-corrected chi connectivity index (χ0v) is 16.9. The molecule has 0 amide bonds. The molecule has 1 atom stereocenters. The van der Waals surface area contributed by atoms with Crippen LogP contribution >= 0.6 is 23.2 Å². The number of rotatable bonds is 6. The lowest BCUT2D eigenvalue weighted by Crippen LogP contribution is -2.13. The van der Waals surface area contributed by atoms with Crippen LogP contribution in [-0.2, 0) is 6.18 Å². The molecule has 1 heterocycles. The molecule has 1 aromatic heterocycles. The Hall–Kier alpha value is -2.44. The Morgan fingerprint density at radius 2 is 1.70 bits per heavy atom. The summed E-state index contributed by atoms with van der Waals surface area (Å²) in [5.41, 5.74) is 0.120. The Labute approximate surface area is 180 Å². The van der Waals surface area contributed by atoms with Gasteiger partial charge < -0.3 is 0 Å². The molecular weight excluding hydrogens is 441 g/mol. The number of nitrogens with zero attached hydrogens (tertiary/aromatic N) is 1. The van der Waals surface area contributed by atoms with Gasteiger partial charge in [-0.25, -0.2) is 9.37 Å². The van der Waals surface area contributed by atoms with Crippen LogP contribution in [0.15, 0.2) is 60.8 Å². The summed E-state index contributed by atoms with van der Waals surface area (Å²) >= 11 is 12.0. The summed E-state index contributed by atoms with van der Waals surface area (Å²) in [7, 11) is 0. The van der Waals surface area contributed by atoms with Crippen molar-refractivity contribution in [2.45, 2.75) is 25.2 Å². The number of hydrogen-bond donors (Lipinski definition) is 0. The van der Waals surface area contributed by atoms with E-state index < -0.39 is 29.3 Å².